The van der Waals surface area contributed by atoms with Gasteiger partial charge in [-0.3, -0.25) is 4.90 Å². The summed E-state index contributed by atoms with van der Waals surface area (Å²) in [4.78, 5) is 8.62. The van der Waals surface area contributed by atoms with E-state index in [9.17, 15) is 0 Å². The molecule has 0 bridgehead atoms. The third-order valence-electron chi connectivity index (χ3n) is 5.13. The van der Waals surface area contributed by atoms with Crippen LogP contribution in [0.3, 0.4) is 0 Å². The first-order chi connectivity index (χ1) is 9.60. The van der Waals surface area contributed by atoms with Gasteiger partial charge in [0.25, 0.3) is 0 Å². The van der Waals surface area contributed by atoms with E-state index in [1.807, 2.05) is 17.5 Å². The maximum atomic E-state index is 4.62. The number of aromatic nitrogens is 1. The lowest BCUT2D eigenvalue weighted by Gasteiger charge is -2.50. The fourth-order valence-corrected chi connectivity index (χ4v) is 4.68. The molecular weight excluding hydrogens is 266 g/mol. The lowest BCUT2D eigenvalue weighted by molar-refractivity contribution is 0.0355. The summed E-state index contributed by atoms with van der Waals surface area (Å²) in [6.45, 7) is 9.14. The molecule has 1 aliphatic heterocycles. The normalized spacial score (nSPS) is 28.6. The molecule has 2 fully saturated rings. The van der Waals surface area contributed by atoms with Crippen LogP contribution in [0.1, 0.15) is 61.9 Å². The molecule has 0 radical (unpaired) electrons. The van der Waals surface area contributed by atoms with E-state index in [1.54, 1.807) is 0 Å². The first-order valence-electron chi connectivity index (χ1n) is 8.03. The fourth-order valence-electron chi connectivity index (χ4n) is 3.83. The van der Waals surface area contributed by atoms with Crippen LogP contribution in [0.5, 0.6) is 0 Å². The number of nitrogens with one attached hydrogen (secondary N) is 1. The Morgan fingerprint density at radius 2 is 2.15 bits per heavy atom. The average molecular weight is 293 g/mol. The Morgan fingerprint density at radius 1 is 1.40 bits per heavy atom. The minimum Gasteiger partial charge on any atom is -0.308 e. The van der Waals surface area contributed by atoms with Gasteiger partial charge in [-0.15, -0.1) is 11.3 Å². The molecule has 4 heteroatoms. The Hall–Kier alpha value is -0.450. The summed E-state index contributed by atoms with van der Waals surface area (Å²) in [6, 6.07) is 1.05. The summed E-state index contributed by atoms with van der Waals surface area (Å²) < 4.78 is 0. The third-order valence-corrected chi connectivity index (χ3v) is 6.21. The summed E-state index contributed by atoms with van der Waals surface area (Å²) in [5.74, 6) is 0. The molecule has 1 N–H and O–H groups in total. The van der Waals surface area contributed by atoms with Gasteiger partial charge in [-0.1, -0.05) is 19.3 Å². The van der Waals surface area contributed by atoms with Crippen LogP contribution in [0.4, 0.5) is 0 Å². The van der Waals surface area contributed by atoms with Crippen molar-refractivity contribution in [2.45, 2.75) is 70.5 Å². The summed E-state index contributed by atoms with van der Waals surface area (Å²) >= 11 is 1.85. The van der Waals surface area contributed by atoms with Crippen molar-refractivity contribution in [1.29, 1.82) is 0 Å². The second kappa shape index (κ2) is 5.74. The molecule has 112 valence electrons. The number of rotatable bonds is 2. The van der Waals surface area contributed by atoms with Crippen molar-refractivity contribution in [3.63, 3.8) is 0 Å². The van der Waals surface area contributed by atoms with E-state index in [4.69, 9.17) is 0 Å². The summed E-state index contributed by atoms with van der Waals surface area (Å²) in [6.07, 6.45) is 8.90. The van der Waals surface area contributed by atoms with Crippen LogP contribution >= 0.6 is 11.3 Å². The Bertz CT molecular complexity index is 450. The van der Waals surface area contributed by atoms with E-state index in [0.29, 0.717) is 17.6 Å². The van der Waals surface area contributed by atoms with Gasteiger partial charge >= 0.3 is 0 Å². The Morgan fingerprint density at radius 3 is 2.80 bits per heavy atom. The summed E-state index contributed by atoms with van der Waals surface area (Å²) in [5.41, 5.74) is 0.380. The molecule has 20 heavy (non-hydrogen) atoms. The molecule has 1 saturated carbocycles. The highest BCUT2D eigenvalue weighted by Gasteiger charge is 2.40. The number of hydrogen-bond donors (Lipinski definition) is 1. The van der Waals surface area contributed by atoms with Gasteiger partial charge in [0, 0.05) is 35.7 Å². The smallest absolute Gasteiger partial charge is 0.110 e. The Balaban J connectivity index is 1.76. The van der Waals surface area contributed by atoms with Crippen molar-refractivity contribution in [2.75, 3.05) is 13.1 Å². The van der Waals surface area contributed by atoms with Crippen LogP contribution in [-0.2, 0) is 0 Å². The van der Waals surface area contributed by atoms with Gasteiger partial charge < -0.3 is 5.32 Å². The van der Waals surface area contributed by atoms with Gasteiger partial charge in [0.1, 0.15) is 5.01 Å². The van der Waals surface area contributed by atoms with Crippen molar-refractivity contribution in [2.24, 2.45) is 0 Å². The van der Waals surface area contributed by atoms with Crippen LogP contribution < -0.4 is 5.32 Å². The zero-order valence-electron chi connectivity index (χ0n) is 13.0. The molecule has 1 spiro atoms. The minimum atomic E-state index is 0.380. The van der Waals surface area contributed by atoms with E-state index in [-0.39, 0.29) is 0 Å². The van der Waals surface area contributed by atoms with Gasteiger partial charge in [0.15, 0.2) is 0 Å². The highest BCUT2D eigenvalue weighted by Crippen LogP contribution is 2.35. The lowest BCUT2D eigenvalue weighted by atomic mass is 9.79. The molecule has 3 rings (SSSR count). The van der Waals surface area contributed by atoms with Crippen LogP contribution in [0, 0.1) is 6.92 Å². The monoisotopic (exact) mass is 293 g/mol. The second-order valence-electron chi connectivity index (χ2n) is 6.73. The standard InChI is InChI=1S/C16H27N3S/c1-12-9-18-16(7-5-4-6-8-16)11-19(12)14(3)15-17-10-13(2)20-15/h10,12,14,18H,4-9,11H2,1-3H3. The Kier molecular flexibility index (Phi) is 4.16. The van der Waals surface area contributed by atoms with E-state index >= 15 is 0 Å². The fraction of sp³-hybridized carbons (Fsp3) is 0.812. The van der Waals surface area contributed by atoms with Gasteiger partial charge in [-0.25, -0.2) is 4.98 Å². The molecule has 2 heterocycles. The summed E-state index contributed by atoms with van der Waals surface area (Å²) in [7, 11) is 0. The van der Waals surface area contributed by atoms with Crippen molar-refractivity contribution < 1.29 is 0 Å². The number of nitrogens with zero attached hydrogens (tertiary/aromatic N) is 2. The molecule has 2 aliphatic rings. The van der Waals surface area contributed by atoms with E-state index in [1.165, 1.54) is 48.5 Å². The van der Waals surface area contributed by atoms with E-state index < -0.39 is 0 Å². The van der Waals surface area contributed by atoms with E-state index in [2.05, 4.69) is 36.0 Å². The predicted octanol–water partition coefficient (Wildman–Crippen LogP) is 3.51. The van der Waals surface area contributed by atoms with Crippen LogP contribution in [0.2, 0.25) is 0 Å². The molecule has 3 nitrogen and oxygen atoms in total. The number of aryl methyl sites for hydroxylation is 1. The van der Waals surface area contributed by atoms with Crippen molar-refractivity contribution in [3.8, 4) is 0 Å². The predicted molar refractivity (Wildman–Crippen MR) is 85.3 cm³/mol. The van der Waals surface area contributed by atoms with Gasteiger partial charge in [0.2, 0.25) is 0 Å². The molecular formula is C16H27N3S. The Labute approximate surface area is 126 Å². The van der Waals surface area contributed by atoms with Gasteiger partial charge in [-0.2, -0.15) is 0 Å². The zero-order chi connectivity index (χ0) is 14.2. The van der Waals surface area contributed by atoms with Crippen molar-refractivity contribution >= 4 is 11.3 Å². The van der Waals surface area contributed by atoms with E-state index in [0.717, 1.165) is 6.54 Å². The maximum Gasteiger partial charge on any atom is 0.110 e. The molecule has 2 atom stereocenters. The highest BCUT2D eigenvalue weighted by molar-refractivity contribution is 7.11. The van der Waals surface area contributed by atoms with Crippen LogP contribution in [0.15, 0.2) is 6.20 Å². The first kappa shape index (κ1) is 14.5. The first-order valence-corrected chi connectivity index (χ1v) is 8.84. The molecule has 1 saturated heterocycles. The van der Waals surface area contributed by atoms with Gasteiger partial charge in [-0.05, 0) is 33.6 Å². The van der Waals surface area contributed by atoms with Crippen molar-refractivity contribution in [1.82, 2.24) is 15.2 Å². The molecule has 2 unspecified atom stereocenters. The molecule has 1 aliphatic carbocycles. The largest absolute Gasteiger partial charge is 0.308 e. The third kappa shape index (κ3) is 2.78. The maximum absolute atomic E-state index is 4.62. The van der Waals surface area contributed by atoms with Gasteiger partial charge in [0.05, 0.1) is 6.04 Å². The van der Waals surface area contributed by atoms with Crippen molar-refractivity contribution in [3.05, 3.63) is 16.1 Å². The second-order valence-corrected chi connectivity index (χ2v) is 7.99. The SMILES string of the molecule is Cc1cnc(C(C)N2CC3(CCCCC3)NCC2C)s1. The average Bonchev–Trinajstić information content (AvgIpc) is 2.89. The topological polar surface area (TPSA) is 28.2 Å². The lowest BCUT2D eigenvalue weighted by Crippen LogP contribution is -2.64. The molecule has 1 aromatic heterocycles. The van der Waals surface area contributed by atoms with Crippen LogP contribution in [-0.4, -0.2) is 34.6 Å². The number of thiazole rings is 1. The van der Waals surface area contributed by atoms with Crippen LogP contribution in [0.25, 0.3) is 0 Å². The molecule has 0 amide bonds. The number of hydrogen-bond acceptors (Lipinski definition) is 4. The molecule has 0 aromatic carbocycles. The number of piperazine rings is 1. The summed E-state index contributed by atoms with van der Waals surface area (Å²) in [5, 5.41) is 5.15. The highest BCUT2D eigenvalue weighted by atomic mass is 32.1. The molecule has 1 aromatic rings. The minimum absolute atomic E-state index is 0.380. The quantitative estimate of drug-likeness (QED) is 0.904. The zero-order valence-corrected chi connectivity index (χ0v) is 13.8.